The molecule has 0 unspecified atom stereocenters. The van der Waals surface area contributed by atoms with Crippen LogP contribution in [-0.4, -0.2) is 47.1 Å². The molecule has 0 spiro atoms. The minimum Gasteiger partial charge on any atom is -0.379 e. The minimum atomic E-state index is -0.179. The van der Waals surface area contributed by atoms with Crippen molar-refractivity contribution in [2.75, 3.05) is 31.6 Å². The van der Waals surface area contributed by atoms with Crippen LogP contribution in [0.2, 0.25) is 0 Å². The molecule has 1 saturated heterocycles. The van der Waals surface area contributed by atoms with Gasteiger partial charge in [0.15, 0.2) is 0 Å². The first-order valence-corrected chi connectivity index (χ1v) is 9.84. The van der Waals surface area contributed by atoms with Crippen LogP contribution in [0.4, 0.5) is 5.69 Å². The Bertz CT molecular complexity index is 1040. The molecule has 7 heteroatoms. The van der Waals surface area contributed by atoms with Crippen molar-refractivity contribution in [1.82, 2.24) is 14.9 Å². The Balaban J connectivity index is 1.31. The van der Waals surface area contributed by atoms with E-state index in [4.69, 9.17) is 4.74 Å². The number of hydrogen-bond donors (Lipinski definition) is 2. The van der Waals surface area contributed by atoms with Crippen molar-refractivity contribution in [3.8, 4) is 0 Å². The second-order valence-corrected chi connectivity index (χ2v) is 7.16. The van der Waals surface area contributed by atoms with Gasteiger partial charge >= 0.3 is 0 Å². The van der Waals surface area contributed by atoms with E-state index in [1.807, 2.05) is 30.3 Å². The summed E-state index contributed by atoms with van der Waals surface area (Å²) < 4.78 is 5.37. The summed E-state index contributed by atoms with van der Waals surface area (Å²) in [7, 11) is 0. The van der Waals surface area contributed by atoms with Gasteiger partial charge < -0.3 is 15.0 Å². The molecule has 2 heterocycles. The molecule has 29 heavy (non-hydrogen) atoms. The van der Waals surface area contributed by atoms with E-state index in [-0.39, 0.29) is 17.9 Å². The van der Waals surface area contributed by atoms with E-state index in [2.05, 4.69) is 20.2 Å². The number of para-hydroxylation sites is 1. The minimum absolute atomic E-state index is 0.110. The zero-order chi connectivity index (χ0) is 20.1. The van der Waals surface area contributed by atoms with Crippen LogP contribution in [-0.2, 0) is 22.5 Å². The van der Waals surface area contributed by atoms with Crippen molar-refractivity contribution in [3.63, 3.8) is 0 Å². The molecule has 1 fully saturated rings. The van der Waals surface area contributed by atoms with Gasteiger partial charge in [0.25, 0.3) is 5.56 Å². The lowest BCUT2D eigenvalue weighted by Crippen LogP contribution is -2.35. The Labute approximate surface area is 168 Å². The zero-order valence-electron chi connectivity index (χ0n) is 16.2. The fourth-order valence-electron chi connectivity index (χ4n) is 3.42. The largest absolute Gasteiger partial charge is 0.379 e. The fourth-order valence-corrected chi connectivity index (χ4v) is 3.42. The highest BCUT2D eigenvalue weighted by Gasteiger charge is 2.11. The van der Waals surface area contributed by atoms with E-state index in [0.717, 1.165) is 38.5 Å². The third-order valence-corrected chi connectivity index (χ3v) is 5.00. The molecule has 7 nitrogen and oxygen atoms in total. The number of amides is 1. The van der Waals surface area contributed by atoms with Gasteiger partial charge in [-0.1, -0.05) is 24.3 Å². The van der Waals surface area contributed by atoms with Gasteiger partial charge in [-0.25, -0.2) is 4.98 Å². The molecule has 0 radical (unpaired) electrons. The van der Waals surface area contributed by atoms with E-state index in [9.17, 15) is 9.59 Å². The van der Waals surface area contributed by atoms with Crippen LogP contribution in [0.15, 0.2) is 53.3 Å². The molecular formula is C22H24N4O3. The molecule has 4 rings (SSSR count). The SMILES string of the molecule is O=C(CCc1nc2ccccc2c(=O)[nH]1)Nc1ccc(CN2CCOCC2)cc1. The summed E-state index contributed by atoms with van der Waals surface area (Å²) in [4.78, 5) is 33.9. The Morgan fingerprint density at radius 3 is 2.66 bits per heavy atom. The summed E-state index contributed by atoms with van der Waals surface area (Å²) in [6.45, 7) is 4.35. The number of carbonyl (C=O) groups is 1. The monoisotopic (exact) mass is 392 g/mol. The van der Waals surface area contributed by atoms with Crippen LogP contribution >= 0.6 is 0 Å². The van der Waals surface area contributed by atoms with Gasteiger partial charge in [-0.15, -0.1) is 0 Å². The van der Waals surface area contributed by atoms with Crippen molar-refractivity contribution >= 4 is 22.5 Å². The highest BCUT2D eigenvalue weighted by Crippen LogP contribution is 2.13. The molecule has 150 valence electrons. The second kappa shape index (κ2) is 8.98. The first kappa shape index (κ1) is 19.3. The standard InChI is InChI=1S/C22H24N4O3/c27-21(10-9-20-24-19-4-2-1-3-18(19)22(28)25-20)23-17-7-5-16(6-8-17)15-26-11-13-29-14-12-26/h1-8H,9-15H2,(H,23,27)(H,24,25,28). The highest BCUT2D eigenvalue weighted by atomic mass is 16.5. The number of nitrogens with zero attached hydrogens (tertiary/aromatic N) is 2. The van der Waals surface area contributed by atoms with Gasteiger partial charge in [0.05, 0.1) is 24.1 Å². The van der Waals surface area contributed by atoms with Crippen molar-refractivity contribution in [2.45, 2.75) is 19.4 Å². The Morgan fingerprint density at radius 2 is 1.86 bits per heavy atom. The molecule has 0 atom stereocenters. The van der Waals surface area contributed by atoms with E-state index in [1.165, 1.54) is 5.56 Å². The topological polar surface area (TPSA) is 87.3 Å². The summed E-state index contributed by atoms with van der Waals surface area (Å²) in [6.07, 6.45) is 0.623. The van der Waals surface area contributed by atoms with Crippen molar-refractivity contribution < 1.29 is 9.53 Å². The quantitative estimate of drug-likeness (QED) is 0.672. The summed E-state index contributed by atoms with van der Waals surface area (Å²) >= 11 is 0. The van der Waals surface area contributed by atoms with Gasteiger partial charge in [-0.3, -0.25) is 14.5 Å². The van der Waals surface area contributed by atoms with Crippen molar-refractivity contribution in [3.05, 3.63) is 70.3 Å². The number of ether oxygens (including phenoxy) is 1. The van der Waals surface area contributed by atoms with E-state index < -0.39 is 0 Å². The number of fused-ring (bicyclic) bond motifs is 1. The zero-order valence-corrected chi connectivity index (χ0v) is 16.2. The molecular weight excluding hydrogens is 368 g/mol. The number of morpholine rings is 1. The molecule has 1 amide bonds. The van der Waals surface area contributed by atoms with Crippen LogP contribution in [0, 0.1) is 0 Å². The van der Waals surface area contributed by atoms with E-state index in [1.54, 1.807) is 18.2 Å². The average molecular weight is 392 g/mol. The lowest BCUT2D eigenvalue weighted by Gasteiger charge is -2.26. The predicted octanol–water partition coefficient (Wildman–Crippen LogP) is 2.33. The van der Waals surface area contributed by atoms with Crippen LogP contribution in [0.3, 0.4) is 0 Å². The van der Waals surface area contributed by atoms with Crippen LogP contribution in [0.5, 0.6) is 0 Å². The molecule has 2 N–H and O–H groups in total. The smallest absolute Gasteiger partial charge is 0.258 e. The number of benzene rings is 2. The van der Waals surface area contributed by atoms with Crippen LogP contribution in [0.25, 0.3) is 10.9 Å². The number of aryl methyl sites for hydroxylation is 1. The fraction of sp³-hybridized carbons (Fsp3) is 0.318. The lowest BCUT2D eigenvalue weighted by atomic mass is 10.2. The predicted molar refractivity (Wildman–Crippen MR) is 112 cm³/mol. The van der Waals surface area contributed by atoms with Crippen LogP contribution < -0.4 is 10.9 Å². The summed E-state index contributed by atoms with van der Waals surface area (Å²) in [5, 5.41) is 3.46. The second-order valence-electron chi connectivity index (χ2n) is 7.16. The van der Waals surface area contributed by atoms with Crippen molar-refractivity contribution in [1.29, 1.82) is 0 Å². The van der Waals surface area contributed by atoms with E-state index >= 15 is 0 Å². The summed E-state index contributed by atoms with van der Waals surface area (Å²) in [5.74, 6) is 0.409. The molecule has 0 bridgehead atoms. The lowest BCUT2D eigenvalue weighted by molar-refractivity contribution is -0.116. The van der Waals surface area contributed by atoms with E-state index in [0.29, 0.717) is 23.1 Å². The molecule has 0 saturated carbocycles. The summed E-state index contributed by atoms with van der Waals surface area (Å²) in [5.41, 5.74) is 2.44. The van der Waals surface area contributed by atoms with Gasteiger partial charge in [-0.2, -0.15) is 0 Å². The average Bonchev–Trinajstić information content (AvgIpc) is 2.74. The first-order chi connectivity index (χ1) is 14.2. The third-order valence-electron chi connectivity index (χ3n) is 5.00. The Kier molecular flexibility index (Phi) is 5.97. The summed E-state index contributed by atoms with van der Waals surface area (Å²) in [6, 6.07) is 15.1. The molecule has 1 aromatic heterocycles. The highest BCUT2D eigenvalue weighted by molar-refractivity contribution is 5.90. The Morgan fingerprint density at radius 1 is 1.10 bits per heavy atom. The van der Waals surface area contributed by atoms with Gasteiger partial charge in [0.2, 0.25) is 5.91 Å². The molecule has 3 aromatic rings. The van der Waals surface area contributed by atoms with Crippen LogP contribution in [0.1, 0.15) is 17.8 Å². The normalized spacial score (nSPS) is 14.8. The number of rotatable bonds is 6. The molecule has 1 aliphatic rings. The molecule has 0 aliphatic carbocycles. The first-order valence-electron chi connectivity index (χ1n) is 9.84. The number of hydrogen-bond acceptors (Lipinski definition) is 5. The maximum absolute atomic E-state index is 12.3. The molecule has 1 aliphatic heterocycles. The van der Waals surface area contributed by atoms with Gasteiger partial charge in [0.1, 0.15) is 5.82 Å². The maximum atomic E-state index is 12.3. The van der Waals surface area contributed by atoms with Gasteiger partial charge in [-0.05, 0) is 29.8 Å². The Hall–Kier alpha value is -3.03. The number of aromatic amines is 1. The number of anilines is 1. The number of nitrogens with one attached hydrogen (secondary N) is 2. The third kappa shape index (κ3) is 5.07. The maximum Gasteiger partial charge on any atom is 0.258 e. The van der Waals surface area contributed by atoms with Gasteiger partial charge in [0, 0.05) is 38.2 Å². The molecule has 2 aromatic carbocycles. The number of H-pyrrole nitrogens is 1. The number of carbonyl (C=O) groups excluding carboxylic acids is 1. The number of aromatic nitrogens is 2. The van der Waals surface area contributed by atoms with Crippen molar-refractivity contribution in [2.24, 2.45) is 0 Å².